The van der Waals surface area contributed by atoms with Crippen molar-refractivity contribution in [2.75, 3.05) is 25.6 Å². The van der Waals surface area contributed by atoms with Gasteiger partial charge in [0, 0.05) is 6.20 Å². The van der Waals surface area contributed by atoms with Crippen molar-refractivity contribution in [3.8, 4) is 0 Å². The Hall–Kier alpha value is -3.03. The van der Waals surface area contributed by atoms with E-state index in [-0.39, 0.29) is 47.8 Å². The molecular weight excluding hydrogens is 328 g/mol. The molecule has 2 aromatic rings. The number of fused-ring (bicyclic) bond motifs is 1. The molecule has 134 valence electrons. The predicted octanol–water partition coefficient (Wildman–Crippen LogP) is 2.05. The Balaban J connectivity index is 2.90. The van der Waals surface area contributed by atoms with Gasteiger partial charge < -0.3 is 24.3 Å². The number of anilines is 1. The molecule has 2 N–H and O–H groups in total. The highest BCUT2D eigenvalue weighted by Gasteiger charge is 2.34. The van der Waals surface area contributed by atoms with Crippen molar-refractivity contribution in [1.82, 2.24) is 4.40 Å². The van der Waals surface area contributed by atoms with Gasteiger partial charge in [0.2, 0.25) is 0 Å². The lowest BCUT2D eigenvalue weighted by Gasteiger charge is -2.07. The van der Waals surface area contributed by atoms with Gasteiger partial charge in [-0.15, -0.1) is 0 Å². The zero-order chi connectivity index (χ0) is 18.6. The molecule has 0 unspecified atom stereocenters. The summed E-state index contributed by atoms with van der Waals surface area (Å²) in [6, 6.07) is 3.15. The highest BCUT2D eigenvalue weighted by Crippen LogP contribution is 2.30. The molecule has 8 heteroatoms. The van der Waals surface area contributed by atoms with E-state index in [0.717, 1.165) is 0 Å². The molecule has 0 aliphatic carbocycles. The normalized spacial score (nSPS) is 10.5. The van der Waals surface area contributed by atoms with E-state index in [1.165, 1.54) is 10.6 Å². The molecule has 0 aromatic carbocycles. The number of nitrogen functional groups attached to an aromatic ring is 1. The lowest BCUT2D eigenvalue weighted by molar-refractivity contribution is 0.0459. The number of esters is 3. The minimum atomic E-state index is -0.822. The topological polar surface area (TPSA) is 109 Å². The number of hydrogen-bond acceptors (Lipinski definition) is 7. The summed E-state index contributed by atoms with van der Waals surface area (Å²) in [5, 5.41) is 0. The van der Waals surface area contributed by atoms with E-state index in [1.807, 2.05) is 0 Å². The van der Waals surface area contributed by atoms with Gasteiger partial charge in [-0.05, 0) is 32.9 Å². The van der Waals surface area contributed by atoms with E-state index in [2.05, 4.69) is 0 Å². The fraction of sp³-hybridized carbons (Fsp3) is 0.353. The van der Waals surface area contributed by atoms with Crippen LogP contribution in [0.3, 0.4) is 0 Å². The Kier molecular flexibility index (Phi) is 5.63. The molecule has 0 bridgehead atoms. The number of nitrogens with two attached hydrogens (primary N) is 1. The number of rotatable bonds is 6. The lowest BCUT2D eigenvalue weighted by atomic mass is 10.1. The highest BCUT2D eigenvalue weighted by molar-refractivity contribution is 6.16. The molecule has 0 aliphatic rings. The predicted molar refractivity (Wildman–Crippen MR) is 89.7 cm³/mol. The van der Waals surface area contributed by atoms with Crippen LogP contribution in [0.15, 0.2) is 18.3 Å². The van der Waals surface area contributed by atoms with E-state index in [1.54, 1.807) is 32.9 Å². The molecule has 2 heterocycles. The first-order chi connectivity index (χ1) is 12.0. The Morgan fingerprint density at radius 2 is 1.44 bits per heavy atom. The molecule has 0 aliphatic heterocycles. The van der Waals surface area contributed by atoms with Crippen LogP contribution in [0.4, 0.5) is 5.69 Å². The number of ether oxygens (including phenoxy) is 3. The van der Waals surface area contributed by atoms with E-state index >= 15 is 0 Å². The second-order valence-corrected chi connectivity index (χ2v) is 4.94. The van der Waals surface area contributed by atoms with Crippen molar-refractivity contribution in [3.05, 3.63) is 35.2 Å². The van der Waals surface area contributed by atoms with Gasteiger partial charge >= 0.3 is 17.9 Å². The van der Waals surface area contributed by atoms with Crippen LogP contribution in [-0.4, -0.2) is 42.1 Å². The molecular formula is C17H20N2O6. The van der Waals surface area contributed by atoms with Gasteiger partial charge in [-0.2, -0.15) is 0 Å². The Labute approximate surface area is 144 Å². The van der Waals surface area contributed by atoms with Crippen LogP contribution in [0.25, 0.3) is 5.52 Å². The van der Waals surface area contributed by atoms with Crippen LogP contribution in [0.5, 0.6) is 0 Å². The minimum absolute atomic E-state index is 0.0744. The molecule has 2 aromatic heterocycles. The van der Waals surface area contributed by atoms with Crippen molar-refractivity contribution < 1.29 is 28.6 Å². The standard InChI is InChI=1S/C17H20N2O6/c1-4-23-15(20)11-12(16(21)24-5-2)14(17(22)25-6-3)19-9-7-8-10(18)13(11)19/h7-9H,4-6,18H2,1-3H3. The van der Waals surface area contributed by atoms with E-state index in [9.17, 15) is 14.4 Å². The fourth-order valence-corrected chi connectivity index (χ4v) is 2.54. The second kappa shape index (κ2) is 7.69. The Morgan fingerprint density at radius 1 is 0.920 bits per heavy atom. The van der Waals surface area contributed by atoms with Crippen molar-refractivity contribution in [1.29, 1.82) is 0 Å². The summed E-state index contributed by atoms with van der Waals surface area (Å²) in [6.45, 7) is 5.17. The van der Waals surface area contributed by atoms with Gasteiger partial charge in [-0.1, -0.05) is 0 Å². The first-order valence-corrected chi connectivity index (χ1v) is 7.91. The number of hydrogen-bond donors (Lipinski definition) is 1. The number of aromatic nitrogens is 1. The molecule has 0 fully saturated rings. The molecule has 0 saturated carbocycles. The Morgan fingerprint density at radius 3 is 2.00 bits per heavy atom. The van der Waals surface area contributed by atoms with Crippen LogP contribution in [0.1, 0.15) is 52.0 Å². The van der Waals surface area contributed by atoms with Crippen molar-refractivity contribution in [3.63, 3.8) is 0 Å². The maximum absolute atomic E-state index is 12.5. The number of pyridine rings is 1. The zero-order valence-corrected chi connectivity index (χ0v) is 14.3. The third-order valence-corrected chi connectivity index (χ3v) is 3.42. The minimum Gasteiger partial charge on any atom is -0.462 e. The largest absolute Gasteiger partial charge is 0.462 e. The van der Waals surface area contributed by atoms with Crippen LogP contribution in [0, 0.1) is 0 Å². The summed E-state index contributed by atoms with van der Waals surface area (Å²) >= 11 is 0. The molecule has 0 saturated heterocycles. The summed E-state index contributed by atoms with van der Waals surface area (Å²) in [6.07, 6.45) is 1.52. The average molecular weight is 348 g/mol. The van der Waals surface area contributed by atoms with E-state index < -0.39 is 17.9 Å². The summed E-state index contributed by atoms with van der Waals surface area (Å²) in [7, 11) is 0. The molecule has 0 atom stereocenters. The fourth-order valence-electron chi connectivity index (χ4n) is 2.54. The average Bonchev–Trinajstić information content (AvgIpc) is 2.92. The highest BCUT2D eigenvalue weighted by atomic mass is 16.5. The maximum atomic E-state index is 12.5. The molecule has 8 nitrogen and oxygen atoms in total. The first-order valence-electron chi connectivity index (χ1n) is 7.91. The number of carbonyl (C=O) groups is 3. The van der Waals surface area contributed by atoms with Gasteiger partial charge in [0.25, 0.3) is 0 Å². The van der Waals surface area contributed by atoms with Crippen molar-refractivity contribution in [2.24, 2.45) is 0 Å². The first kappa shape index (κ1) is 18.3. The van der Waals surface area contributed by atoms with Gasteiger partial charge in [0.1, 0.15) is 16.8 Å². The summed E-state index contributed by atoms with van der Waals surface area (Å²) in [5.74, 6) is -2.35. The Bertz CT molecular complexity index is 824. The van der Waals surface area contributed by atoms with Gasteiger partial charge in [0.15, 0.2) is 0 Å². The van der Waals surface area contributed by atoms with Crippen LogP contribution < -0.4 is 5.73 Å². The number of nitrogens with zero attached hydrogens (tertiary/aromatic N) is 1. The van der Waals surface area contributed by atoms with Crippen molar-refractivity contribution >= 4 is 29.1 Å². The van der Waals surface area contributed by atoms with E-state index in [0.29, 0.717) is 0 Å². The smallest absolute Gasteiger partial charge is 0.356 e. The molecule has 0 radical (unpaired) electrons. The lowest BCUT2D eigenvalue weighted by Crippen LogP contribution is -2.17. The van der Waals surface area contributed by atoms with Crippen LogP contribution in [0.2, 0.25) is 0 Å². The van der Waals surface area contributed by atoms with Crippen LogP contribution >= 0.6 is 0 Å². The molecule has 2 rings (SSSR count). The third-order valence-electron chi connectivity index (χ3n) is 3.42. The molecule has 25 heavy (non-hydrogen) atoms. The van der Waals surface area contributed by atoms with E-state index in [4.69, 9.17) is 19.9 Å². The van der Waals surface area contributed by atoms with Gasteiger partial charge in [-0.25, -0.2) is 14.4 Å². The number of carbonyl (C=O) groups excluding carboxylic acids is 3. The third kappa shape index (κ3) is 3.28. The van der Waals surface area contributed by atoms with Gasteiger partial charge in [-0.3, -0.25) is 0 Å². The van der Waals surface area contributed by atoms with Crippen molar-refractivity contribution in [2.45, 2.75) is 20.8 Å². The quantitative estimate of drug-likeness (QED) is 0.628. The summed E-state index contributed by atoms with van der Waals surface area (Å²) in [4.78, 5) is 37.4. The van der Waals surface area contributed by atoms with Gasteiger partial charge in [0.05, 0.1) is 31.0 Å². The maximum Gasteiger partial charge on any atom is 0.356 e. The summed E-state index contributed by atoms with van der Waals surface area (Å²) in [5.41, 5.74) is 5.96. The zero-order valence-electron chi connectivity index (χ0n) is 14.3. The summed E-state index contributed by atoms with van der Waals surface area (Å²) < 4.78 is 16.5. The SMILES string of the molecule is CCOC(=O)c1c(C(=O)OCC)c2c(N)cccn2c1C(=O)OCC. The van der Waals surface area contributed by atoms with Crippen LogP contribution in [-0.2, 0) is 14.2 Å². The molecule has 0 amide bonds. The molecule has 0 spiro atoms. The second-order valence-electron chi connectivity index (χ2n) is 4.94. The monoisotopic (exact) mass is 348 g/mol.